The summed E-state index contributed by atoms with van der Waals surface area (Å²) in [4.78, 5) is 25.6. The first-order valence-corrected chi connectivity index (χ1v) is 9.89. The van der Waals surface area contributed by atoms with Crippen LogP contribution in [0.5, 0.6) is 0 Å². The number of nitrogens with one attached hydrogen (secondary N) is 1. The molecule has 5 rings (SSSR count). The Balaban J connectivity index is 1.61. The Morgan fingerprint density at radius 1 is 0.938 bits per heavy atom. The van der Waals surface area contributed by atoms with Crippen LogP contribution in [0.15, 0.2) is 79.3 Å². The number of rotatable bonds is 4. The van der Waals surface area contributed by atoms with Crippen LogP contribution in [0.2, 0.25) is 0 Å². The maximum atomic E-state index is 13.9. The lowest BCUT2D eigenvalue weighted by Crippen LogP contribution is -2.14. The van der Waals surface area contributed by atoms with Gasteiger partial charge in [0, 0.05) is 29.7 Å². The van der Waals surface area contributed by atoms with Crippen molar-refractivity contribution >= 4 is 17.4 Å². The van der Waals surface area contributed by atoms with E-state index >= 15 is 0 Å². The number of carbonyl (C=O) groups excluding carboxylic acids is 1. The number of benzene rings is 1. The summed E-state index contributed by atoms with van der Waals surface area (Å²) in [5.74, 6) is -0.271. The Morgan fingerprint density at radius 3 is 2.66 bits per heavy atom. The molecule has 0 unspecified atom stereocenters. The Hall–Kier alpha value is -4.46. The van der Waals surface area contributed by atoms with Gasteiger partial charge >= 0.3 is 0 Å². The molecule has 0 bridgehead atoms. The quantitative estimate of drug-likeness (QED) is 0.457. The van der Waals surface area contributed by atoms with Crippen molar-refractivity contribution in [3.8, 4) is 22.5 Å². The number of hydrogen-bond donors (Lipinski definition) is 1. The van der Waals surface area contributed by atoms with Crippen molar-refractivity contribution in [1.29, 1.82) is 0 Å². The van der Waals surface area contributed by atoms with Crippen LogP contribution in [0, 0.1) is 12.7 Å². The first-order chi connectivity index (χ1) is 15.6. The highest BCUT2D eigenvalue weighted by Crippen LogP contribution is 2.33. The fourth-order valence-electron chi connectivity index (χ4n) is 3.46. The molecule has 7 nitrogen and oxygen atoms in total. The van der Waals surface area contributed by atoms with Crippen LogP contribution in [-0.4, -0.2) is 30.5 Å². The summed E-state index contributed by atoms with van der Waals surface area (Å²) in [6.07, 6.45) is 4.83. The SMILES string of the molecule is Cc1cc(-c2nc3cccnn3c2-c2ccnc(NC(=O)c3ccccn3)c2)ccc1F. The summed E-state index contributed by atoms with van der Waals surface area (Å²) >= 11 is 0. The largest absolute Gasteiger partial charge is 0.305 e. The van der Waals surface area contributed by atoms with E-state index < -0.39 is 0 Å². The monoisotopic (exact) mass is 424 g/mol. The Labute approximate surface area is 182 Å². The van der Waals surface area contributed by atoms with Crippen LogP contribution in [0.3, 0.4) is 0 Å². The van der Waals surface area contributed by atoms with E-state index in [1.54, 1.807) is 72.5 Å². The van der Waals surface area contributed by atoms with Gasteiger partial charge in [0.1, 0.15) is 23.0 Å². The van der Waals surface area contributed by atoms with E-state index in [0.717, 1.165) is 11.1 Å². The molecular weight excluding hydrogens is 407 g/mol. The van der Waals surface area contributed by atoms with Crippen LogP contribution in [-0.2, 0) is 0 Å². The number of amides is 1. The number of hydrogen-bond acceptors (Lipinski definition) is 5. The zero-order valence-electron chi connectivity index (χ0n) is 17.0. The van der Waals surface area contributed by atoms with Gasteiger partial charge in [-0.15, -0.1) is 0 Å². The molecule has 0 spiro atoms. The molecule has 1 aromatic carbocycles. The van der Waals surface area contributed by atoms with E-state index in [2.05, 4.69) is 20.4 Å². The van der Waals surface area contributed by atoms with Crippen molar-refractivity contribution in [3.63, 3.8) is 0 Å². The average Bonchev–Trinajstić information content (AvgIpc) is 3.21. The van der Waals surface area contributed by atoms with Crippen molar-refractivity contribution in [2.75, 3.05) is 5.32 Å². The van der Waals surface area contributed by atoms with Crippen molar-refractivity contribution < 1.29 is 9.18 Å². The predicted octanol–water partition coefficient (Wildman–Crippen LogP) is 4.55. The molecule has 0 aliphatic carbocycles. The highest BCUT2D eigenvalue weighted by atomic mass is 19.1. The van der Waals surface area contributed by atoms with Crippen molar-refractivity contribution in [2.45, 2.75) is 6.92 Å². The lowest BCUT2D eigenvalue weighted by molar-refractivity contribution is 0.102. The summed E-state index contributed by atoms with van der Waals surface area (Å²) in [5.41, 5.74) is 4.34. The molecule has 0 fully saturated rings. The van der Waals surface area contributed by atoms with Gasteiger partial charge in [-0.25, -0.2) is 18.9 Å². The summed E-state index contributed by atoms with van der Waals surface area (Å²) in [6, 6.07) is 17.2. The van der Waals surface area contributed by atoms with Crippen molar-refractivity contribution in [1.82, 2.24) is 24.6 Å². The summed E-state index contributed by atoms with van der Waals surface area (Å²) < 4.78 is 15.6. The molecule has 1 N–H and O–H groups in total. The number of carbonyl (C=O) groups is 1. The number of halogens is 1. The number of pyridine rings is 2. The molecule has 8 heteroatoms. The molecular formula is C24H17FN6O. The number of fused-ring (bicyclic) bond motifs is 1. The van der Waals surface area contributed by atoms with Crippen LogP contribution in [0.4, 0.5) is 10.2 Å². The first-order valence-electron chi connectivity index (χ1n) is 9.89. The van der Waals surface area contributed by atoms with Crippen LogP contribution in [0.25, 0.3) is 28.2 Å². The third-order valence-corrected chi connectivity index (χ3v) is 5.00. The molecule has 4 aromatic heterocycles. The minimum Gasteiger partial charge on any atom is -0.305 e. The first kappa shape index (κ1) is 19.5. The third-order valence-electron chi connectivity index (χ3n) is 5.00. The van der Waals surface area contributed by atoms with Gasteiger partial charge in [-0.2, -0.15) is 5.10 Å². The Kier molecular flexibility index (Phi) is 4.87. The summed E-state index contributed by atoms with van der Waals surface area (Å²) in [5, 5.41) is 7.22. The lowest BCUT2D eigenvalue weighted by Gasteiger charge is -2.09. The molecule has 0 aliphatic rings. The van der Waals surface area contributed by atoms with Gasteiger partial charge < -0.3 is 5.32 Å². The molecule has 0 saturated carbocycles. The van der Waals surface area contributed by atoms with Gasteiger partial charge in [-0.3, -0.25) is 9.78 Å². The van der Waals surface area contributed by atoms with E-state index in [1.807, 2.05) is 12.1 Å². The van der Waals surface area contributed by atoms with Crippen molar-refractivity contribution in [2.24, 2.45) is 0 Å². The number of aromatic nitrogens is 5. The summed E-state index contributed by atoms with van der Waals surface area (Å²) in [6.45, 7) is 1.71. The molecule has 32 heavy (non-hydrogen) atoms. The highest BCUT2D eigenvalue weighted by molar-refractivity contribution is 6.02. The minimum atomic E-state index is -0.360. The average molecular weight is 424 g/mol. The smallest absolute Gasteiger partial charge is 0.275 e. The molecule has 1 amide bonds. The third kappa shape index (κ3) is 3.58. The molecule has 5 aromatic rings. The molecule has 4 heterocycles. The van der Waals surface area contributed by atoms with E-state index in [9.17, 15) is 9.18 Å². The van der Waals surface area contributed by atoms with Gasteiger partial charge in [-0.05, 0) is 67.1 Å². The summed E-state index contributed by atoms with van der Waals surface area (Å²) in [7, 11) is 0. The predicted molar refractivity (Wildman–Crippen MR) is 119 cm³/mol. The van der Waals surface area contributed by atoms with Gasteiger partial charge in [0.05, 0.1) is 5.69 Å². The maximum absolute atomic E-state index is 13.9. The standard InChI is InChI=1S/C24H17FN6O/c1-15-13-16(7-8-18(15)25)22-23(31-21(30-22)6-4-11-28-31)17-9-12-27-20(14-17)29-24(32)19-5-2-3-10-26-19/h2-14H,1H3,(H,27,29,32). The van der Waals surface area contributed by atoms with Gasteiger partial charge in [0.15, 0.2) is 5.65 Å². The van der Waals surface area contributed by atoms with Crippen molar-refractivity contribution in [3.05, 3.63) is 96.3 Å². The molecule has 156 valence electrons. The Morgan fingerprint density at radius 2 is 1.84 bits per heavy atom. The zero-order valence-corrected chi connectivity index (χ0v) is 17.0. The maximum Gasteiger partial charge on any atom is 0.275 e. The molecule has 0 atom stereocenters. The lowest BCUT2D eigenvalue weighted by atomic mass is 10.0. The number of nitrogens with zero attached hydrogens (tertiary/aromatic N) is 5. The van der Waals surface area contributed by atoms with E-state index in [-0.39, 0.29) is 11.7 Å². The minimum absolute atomic E-state index is 0.277. The molecule has 0 saturated heterocycles. The van der Waals surface area contributed by atoms with Gasteiger partial charge in [0.2, 0.25) is 0 Å². The topological polar surface area (TPSA) is 85.1 Å². The fourth-order valence-corrected chi connectivity index (χ4v) is 3.46. The molecule has 0 aliphatic heterocycles. The van der Waals surface area contributed by atoms with Crippen LogP contribution >= 0.6 is 0 Å². The molecule has 0 radical (unpaired) electrons. The van der Waals surface area contributed by atoms with Gasteiger partial charge in [-0.1, -0.05) is 6.07 Å². The van der Waals surface area contributed by atoms with E-state index in [4.69, 9.17) is 4.98 Å². The Bertz CT molecular complexity index is 1450. The van der Waals surface area contributed by atoms with Crippen LogP contribution in [0.1, 0.15) is 16.1 Å². The van der Waals surface area contributed by atoms with E-state index in [1.165, 1.54) is 6.07 Å². The fraction of sp³-hybridized carbons (Fsp3) is 0.0417. The second-order valence-electron chi connectivity index (χ2n) is 7.17. The van der Waals surface area contributed by atoms with E-state index in [0.29, 0.717) is 34.1 Å². The second kappa shape index (κ2) is 7.99. The number of anilines is 1. The normalized spacial score (nSPS) is 10.9. The van der Waals surface area contributed by atoms with Crippen LogP contribution < -0.4 is 5.32 Å². The van der Waals surface area contributed by atoms with Gasteiger partial charge in [0.25, 0.3) is 5.91 Å². The second-order valence-corrected chi connectivity index (χ2v) is 7.17. The number of aryl methyl sites for hydroxylation is 1. The highest BCUT2D eigenvalue weighted by Gasteiger charge is 2.18. The number of imidazole rings is 1. The zero-order chi connectivity index (χ0) is 22.1.